The lowest BCUT2D eigenvalue weighted by molar-refractivity contribution is 0.0934. The Morgan fingerprint density at radius 1 is 1.35 bits per heavy atom. The minimum atomic E-state index is -0.371. The number of aromatic nitrogens is 6. The van der Waals surface area contributed by atoms with Gasteiger partial charge in [0, 0.05) is 19.2 Å². The van der Waals surface area contributed by atoms with Crippen molar-refractivity contribution in [3.63, 3.8) is 0 Å². The second-order valence-electron chi connectivity index (χ2n) is 6.52. The molecule has 0 aromatic carbocycles. The van der Waals surface area contributed by atoms with Crippen LogP contribution in [0, 0.1) is 0 Å². The van der Waals surface area contributed by atoms with Crippen LogP contribution in [0.25, 0.3) is 5.65 Å². The molecule has 0 spiro atoms. The van der Waals surface area contributed by atoms with Gasteiger partial charge in [-0.3, -0.25) is 4.79 Å². The molecule has 0 bridgehead atoms. The number of amides is 1. The number of hydrogen-bond acceptors (Lipinski definition) is 5. The third kappa shape index (κ3) is 2.79. The third-order valence-corrected chi connectivity index (χ3v) is 4.85. The molecule has 0 aliphatic carbocycles. The number of carbonyl (C=O) groups excluding carboxylic acids is 1. The van der Waals surface area contributed by atoms with E-state index in [1.807, 2.05) is 6.92 Å². The number of fused-ring (bicyclic) bond motifs is 2. The molecule has 0 saturated heterocycles. The average molecular weight is 355 g/mol. The predicted molar refractivity (Wildman–Crippen MR) is 93.9 cm³/mol. The average Bonchev–Trinajstić information content (AvgIpc) is 3.15. The first-order chi connectivity index (χ1) is 12.7. The first kappa shape index (κ1) is 16.5. The summed E-state index contributed by atoms with van der Waals surface area (Å²) in [5.74, 6) is 1.50. The summed E-state index contributed by atoms with van der Waals surface area (Å²) in [6, 6.07) is 3.07. The van der Waals surface area contributed by atoms with Gasteiger partial charge in [-0.05, 0) is 31.4 Å². The molecule has 26 heavy (non-hydrogen) atoms. The quantitative estimate of drug-likeness (QED) is 0.731. The molecule has 9 nitrogen and oxygen atoms in total. The number of aryl methyl sites for hydroxylation is 1. The summed E-state index contributed by atoms with van der Waals surface area (Å²) in [4.78, 5) is 24.5. The number of rotatable bonds is 4. The lowest BCUT2D eigenvalue weighted by Gasteiger charge is -2.18. The fourth-order valence-corrected chi connectivity index (χ4v) is 3.46. The minimum absolute atomic E-state index is 0.243. The van der Waals surface area contributed by atoms with Crippen molar-refractivity contribution >= 4 is 11.6 Å². The van der Waals surface area contributed by atoms with Gasteiger partial charge in [-0.1, -0.05) is 13.3 Å². The largest absolute Gasteiger partial charge is 0.347 e. The molecule has 4 rings (SSSR count). The van der Waals surface area contributed by atoms with E-state index in [1.165, 1.54) is 10.8 Å². The van der Waals surface area contributed by atoms with Gasteiger partial charge < -0.3 is 9.88 Å². The van der Waals surface area contributed by atoms with E-state index < -0.39 is 0 Å². The molecule has 0 radical (unpaired) electrons. The van der Waals surface area contributed by atoms with Crippen molar-refractivity contribution in [1.29, 1.82) is 0 Å². The molecule has 3 aromatic heterocycles. The van der Waals surface area contributed by atoms with E-state index in [4.69, 9.17) is 0 Å². The molecule has 1 amide bonds. The monoisotopic (exact) mass is 355 g/mol. The Bertz CT molecular complexity index is 1000. The first-order valence-corrected chi connectivity index (χ1v) is 8.97. The van der Waals surface area contributed by atoms with Crippen LogP contribution < -0.4 is 11.0 Å². The lowest BCUT2D eigenvalue weighted by Crippen LogP contribution is -2.31. The lowest BCUT2D eigenvalue weighted by atomic mass is 10.1. The van der Waals surface area contributed by atoms with E-state index in [-0.39, 0.29) is 17.6 Å². The van der Waals surface area contributed by atoms with E-state index in [2.05, 4.69) is 30.3 Å². The summed E-state index contributed by atoms with van der Waals surface area (Å²) in [5, 5.41) is 18.0. The maximum atomic E-state index is 12.8. The molecular formula is C17H21N7O2. The predicted octanol–water partition coefficient (Wildman–Crippen LogP) is 1.22. The Labute approximate surface area is 149 Å². The molecule has 0 fully saturated rings. The topological polar surface area (TPSA) is 110 Å². The van der Waals surface area contributed by atoms with Crippen molar-refractivity contribution in [3.05, 3.63) is 46.0 Å². The highest BCUT2D eigenvalue weighted by molar-refractivity contribution is 5.99. The second kappa shape index (κ2) is 6.74. The zero-order chi connectivity index (χ0) is 18.1. The Kier molecular flexibility index (Phi) is 4.27. The van der Waals surface area contributed by atoms with Gasteiger partial charge in [0.2, 0.25) is 0 Å². The molecule has 3 aromatic rings. The van der Waals surface area contributed by atoms with Crippen molar-refractivity contribution in [1.82, 2.24) is 34.7 Å². The van der Waals surface area contributed by atoms with E-state index in [0.717, 1.165) is 37.5 Å². The number of carbonyl (C=O) groups is 1. The number of aromatic amines is 1. The van der Waals surface area contributed by atoms with Crippen LogP contribution in [0.4, 0.5) is 0 Å². The Hall–Kier alpha value is -2.97. The van der Waals surface area contributed by atoms with Gasteiger partial charge in [-0.15, -0.1) is 10.2 Å². The van der Waals surface area contributed by atoms with E-state index >= 15 is 0 Å². The van der Waals surface area contributed by atoms with Crippen LogP contribution in [0.1, 0.15) is 60.7 Å². The molecule has 136 valence electrons. The highest BCUT2D eigenvalue weighted by Gasteiger charge is 2.24. The van der Waals surface area contributed by atoms with Crippen LogP contribution in [0.5, 0.6) is 0 Å². The molecule has 1 atom stereocenters. The Morgan fingerprint density at radius 2 is 2.23 bits per heavy atom. The fourth-order valence-electron chi connectivity index (χ4n) is 3.46. The van der Waals surface area contributed by atoms with Crippen LogP contribution in [-0.2, 0) is 13.0 Å². The van der Waals surface area contributed by atoms with E-state index in [9.17, 15) is 9.59 Å². The number of pyridine rings is 1. The smallest absolute Gasteiger partial charge is 0.342 e. The van der Waals surface area contributed by atoms with Crippen LogP contribution in [0.3, 0.4) is 0 Å². The van der Waals surface area contributed by atoms with Gasteiger partial charge in [-0.2, -0.15) is 5.10 Å². The van der Waals surface area contributed by atoms with Crippen LogP contribution in [-0.4, -0.2) is 35.3 Å². The SMILES string of the molecule is CCC(NC(=O)c1cccn2c(=O)[nH]nc12)c1nnc2n1CCCCC2. The maximum absolute atomic E-state index is 12.8. The van der Waals surface area contributed by atoms with Crippen molar-refractivity contribution < 1.29 is 4.79 Å². The molecule has 9 heteroatoms. The van der Waals surface area contributed by atoms with Gasteiger partial charge >= 0.3 is 5.69 Å². The molecule has 0 saturated carbocycles. The third-order valence-electron chi connectivity index (χ3n) is 4.85. The minimum Gasteiger partial charge on any atom is -0.342 e. The number of nitrogens with one attached hydrogen (secondary N) is 2. The Morgan fingerprint density at radius 3 is 3.08 bits per heavy atom. The molecule has 4 heterocycles. The highest BCUT2D eigenvalue weighted by atomic mass is 16.2. The van der Waals surface area contributed by atoms with Crippen LogP contribution in [0.15, 0.2) is 23.1 Å². The van der Waals surface area contributed by atoms with Crippen molar-refractivity contribution in [2.75, 3.05) is 0 Å². The number of nitrogens with zero attached hydrogens (tertiary/aromatic N) is 5. The first-order valence-electron chi connectivity index (χ1n) is 8.97. The zero-order valence-corrected chi connectivity index (χ0v) is 14.6. The van der Waals surface area contributed by atoms with E-state index in [0.29, 0.717) is 17.6 Å². The van der Waals surface area contributed by atoms with E-state index in [1.54, 1.807) is 18.3 Å². The maximum Gasteiger partial charge on any atom is 0.347 e. The highest BCUT2D eigenvalue weighted by Crippen LogP contribution is 2.21. The van der Waals surface area contributed by atoms with Crippen molar-refractivity contribution in [3.8, 4) is 0 Å². The molecule has 1 aliphatic rings. The standard InChI is InChI=1S/C17H21N7O2/c1-2-12(15-21-19-13-8-4-3-5-9-23(13)15)18-16(25)11-7-6-10-24-14(11)20-22-17(24)26/h6-7,10,12H,2-5,8-9H2,1H3,(H,18,25)(H,22,26). The van der Waals surface area contributed by atoms with Crippen LogP contribution in [0.2, 0.25) is 0 Å². The summed E-state index contributed by atoms with van der Waals surface area (Å²) >= 11 is 0. The number of hydrogen-bond donors (Lipinski definition) is 2. The van der Waals surface area contributed by atoms with Gasteiger partial charge in [0.1, 0.15) is 5.82 Å². The molecule has 1 aliphatic heterocycles. The van der Waals surface area contributed by atoms with Gasteiger partial charge in [0.15, 0.2) is 11.5 Å². The molecular weight excluding hydrogens is 334 g/mol. The van der Waals surface area contributed by atoms with Gasteiger partial charge in [0.25, 0.3) is 5.91 Å². The molecule has 2 N–H and O–H groups in total. The van der Waals surface area contributed by atoms with Gasteiger partial charge in [-0.25, -0.2) is 14.3 Å². The van der Waals surface area contributed by atoms with Gasteiger partial charge in [0.05, 0.1) is 11.6 Å². The zero-order valence-electron chi connectivity index (χ0n) is 14.6. The fraction of sp³-hybridized carbons (Fsp3) is 0.471. The summed E-state index contributed by atoms with van der Waals surface area (Å²) in [6.07, 6.45) is 6.60. The normalized spacial score (nSPS) is 15.4. The summed E-state index contributed by atoms with van der Waals surface area (Å²) < 4.78 is 3.46. The Balaban J connectivity index is 1.63. The second-order valence-corrected chi connectivity index (χ2v) is 6.52. The van der Waals surface area contributed by atoms with Crippen molar-refractivity contribution in [2.45, 2.75) is 51.6 Å². The van der Waals surface area contributed by atoms with Crippen LogP contribution >= 0.6 is 0 Å². The summed E-state index contributed by atoms with van der Waals surface area (Å²) in [7, 11) is 0. The number of H-pyrrole nitrogens is 1. The summed E-state index contributed by atoms with van der Waals surface area (Å²) in [5.41, 5.74) is 0.286. The summed E-state index contributed by atoms with van der Waals surface area (Å²) in [6.45, 7) is 2.89. The molecule has 1 unspecified atom stereocenters. The van der Waals surface area contributed by atoms with Crippen molar-refractivity contribution in [2.24, 2.45) is 0 Å².